The Bertz CT molecular complexity index is 1380. The molecule has 3 aromatic rings. The summed E-state index contributed by atoms with van der Waals surface area (Å²) in [6.07, 6.45) is 3.31. The largest absolute Gasteiger partial charge is 0.504 e. The van der Waals surface area contributed by atoms with Gasteiger partial charge in [0.05, 0.1) is 22.6 Å². The molecule has 0 saturated carbocycles. The van der Waals surface area contributed by atoms with Crippen LogP contribution in [0.4, 0.5) is 5.13 Å². The van der Waals surface area contributed by atoms with Crippen molar-refractivity contribution in [3.05, 3.63) is 70.2 Å². The molecule has 1 heterocycles. The number of phenolic OH excluding ortho intramolecular Hbond substituents is 1. The lowest BCUT2D eigenvalue weighted by Gasteiger charge is -2.06. The lowest BCUT2D eigenvalue weighted by atomic mass is 10.1. The zero-order valence-corrected chi connectivity index (χ0v) is 21.1. The van der Waals surface area contributed by atoms with Crippen LogP contribution in [0.2, 0.25) is 0 Å². The molecule has 0 saturated heterocycles. The lowest BCUT2D eigenvalue weighted by molar-refractivity contribution is -0.118. The molecule has 3 rings (SSSR count). The van der Waals surface area contributed by atoms with Crippen LogP contribution in [0.1, 0.15) is 28.6 Å². The first-order valence-corrected chi connectivity index (χ1v) is 12.6. The van der Waals surface area contributed by atoms with Gasteiger partial charge in [-0.05, 0) is 49.8 Å². The van der Waals surface area contributed by atoms with Gasteiger partial charge >= 0.3 is 0 Å². The molecule has 0 unspecified atom stereocenters. The number of carbonyl (C=O) groups excluding carboxylic acids is 1. The molecule has 184 valence electrons. The van der Waals surface area contributed by atoms with E-state index in [0.29, 0.717) is 32.7 Å². The SMILES string of the molecule is COc1cc(/C=C/C(=N\NS(=O)(=O)c2ccc(C)cc2)c2sc(NNC(C)=O)nc2C)ccc1O. The van der Waals surface area contributed by atoms with Gasteiger partial charge in [-0.2, -0.15) is 18.4 Å². The second-order valence-electron chi connectivity index (χ2n) is 7.41. The summed E-state index contributed by atoms with van der Waals surface area (Å²) in [5.74, 6) is -0.00168. The van der Waals surface area contributed by atoms with E-state index in [0.717, 1.165) is 5.56 Å². The molecule has 0 aliphatic heterocycles. The van der Waals surface area contributed by atoms with Gasteiger partial charge in [0.25, 0.3) is 10.0 Å². The Morgan fingerprint density at radius 3 is 2.54 bits per heavy atom. The number of hydrazone groups is 1. The van der Waals surface area contributed by atoms with E-state index in [9.17, 15) is 18.3 Å². The zero-order chi connectivity index (χ0) is 25.6. The Balaban J connectivity index is 1.98. The Labute approximate surface area is 207 Å². The van der Waals surface area contributed by atoms with Crippen LogP contribution in [0.25, 0.3) is 6.08 Å². The number of nitrogens with zero attached hydrogens (tertiary/aromatic N) is 2. The topological polar surface area (TPSA) is 142 Å². The second-order valence-corrected chi connectivity index (χ2v) is 10.1. The number of anilines is 1. The molecule has 2 aromatic carbocycles. The highest BCUT2D eigenvalue weighted by atomic mass is 32.2. The van der Waals surface area contributed by atoms with Crippen molar-refractivity contribution in [1.29, 1.82) is 0 Å². The number of aromatic nitrogens is 1. The van der Waals surface area contributed by atoms with Crippen LogP contribution >= 0.6 is 11.3 Å². The minimum absolute atomic E-state index is 0.00335. The molecule has 0 bridgehead atoms. The summed E-state index contributed by atoms with van der Waals surface area (Å²) in [5, 5.41) is 14.4. The van der Waals surface area contributed by atoms with Crippen LogP contribution in [-0.4, -0.2) is 37.2 Å². The minimum atomic E-state index is -3.92. The number of nitrogens with one attached hydrogen (secondary N) is 3. The average molecular weight is 516 g/mol. The average Bonchev–Trinajstić information content (AvgIpc) is 3.19. The van der Waals surface area contributed by atoms with Crippen LogP contribution < -0.4 is 20.4 Å². The Morgan fingerprint density at radius 1 is 1.17 bits per heavy atom. The summed E-state index contributed by atoms with van der Waals surface area (Å²) < 4.78 is 30.7. The van der Waals surface area contributed by atoms with Crippen molar-refractivity contribution in [3.8, 4) is 11.5 Å². The molecule has 0 aliphatic carbocycles. The van der Waals surface area contributed by atoms with Gasteiger partial charge in [-0.25, -0.2) is 4.98 Å². The van der Waals surface area contributed by atoms with Crippen molar-refractivity contribution in [2.24, 2.45) is 5.10 Å². The van der Waals surface area contributed by atoms with E-state index in [2.05, 4.69) is 25.8 Å². The normalized spacial score (nSPS) is 11.9. The monoisotopic (exact) mass is 515 g/mol. The highest BCUT2D eigenvalue weighted by Crippen LogP contribution is 2.28. The number of hydrogen-bond acceptors (Lipinski definition) is 9. The molecule has 1 aromatic heterocycles. The molecule has 0 spiro atoms. The maximum atomic E-state index is 12.8. The molecule has 35 heavy (non-hydrogen) atoms. The zero-order valence-electron chi connectivity index (χ0n) is 19.5. The number of rotatable bonds is 9. The van der Waals surface area contributed by atoms with Gasteiger partial charge < -0.3 is 9.84 Å². The van der Waals surface area contributed by atoms with Crippen molar-refractivity contribution >= 4 is 44.2 Å². The van der Waals surface area contributed by atoms with Crippen LogP contribution in [0.15, 0.2) is 58.5 Å². The lowest BCUT2D eigenvalue weighted by Crippen LogP contribution is -2.26. The molecule has 12 heteroatoms. The van der Waals surface area contributed by atoms with E-state index in [4.69, 9.17) is 4.74 Å². The highest BCUT2D eigenvalue weighted by molar-refractivity contribution is 7.89. The van der Waals surface area contributed by atoms with Crippen LogP contribution in [0, 0.1) is 13.8 Å². The first-order chi connectivity index (χ1) is 16.6. The van der Waals surface area contributed by atoms with Gasteiger partial charge in [-0.1, -0.05) is 41.2 Å². The predicted octanol–water partition coefficient (Wildman–Crippen LogP) is 3.33. The molecule has 0 radical (unpaired) electrons. The number of thiazole rings is 1. The number of hydrazine groups is 1. The number of ether oxygens (including phenoxy) is 1. The molecule has 0 atom stereocenters. The Hall–Kier alpha value is -3.90. The van der Waals surface area contributed by atoms with Crippen molar-refractivity contribution < 1.29 is 23.1 Å². The predicted molar refractivity (Wildman–Crippen MR) is 136 cm³/mol. The van der Waals surface area contributed by atoms with Crippen molar-refractivity contribution in [1.82, 2.24) is 15.2 Å². The van der Waals surface area contributed by atoms with E-state index in [1.165, 1.54) is 43.6 Å². The first kappa shape index (κ1) is 25.7. The number of aromatic hydroxyl groups is 1. The van der Waals surface area contributed by atoms with Gasteiger partial charge in [-0.3, -0.25) is 15.6 Å². The third kappa shape index (κ3) is 6.80. The third-order valence-electron chi connectivity index (χ3n) is 4.63. The molecule has 0 aliphatic rings. The second kappa shape index (κ2) is 11.0. The summed E-state index contributed by atoms with van der Waals surface area (Å²) in [5.41, 5.74) is 7.64. The van der Waals surface area contributed by atoms with Crippen molar-refractivity contribution in [2.45, 2.75) is 25.7 Å². The molecule has 1 amide bonds. The van der Waals surface area contributed by atoms with E-state index < -0.39 is 10.0 Å². The van der Waals surface area contributed by atoms with Crippen molar-refractivity contribution in [3.63, 3.8) is 0 Å². The van der Waals surface area contributed by atoms with Gasteiger partial charge in [0.1, 0.15) is 5.71 Å². The van der Waals surface area contributed by atoms with E-state index >= 15 is 0 Å². The minimum Gasteiger partial charge on any atom is -0.504 e. The van der Waals surface area contributed by atoms with Crippen LogP contribution in [-0.2, 0) is 14.8 Å². The number of phenols is 1. The number of sulfonamides is 1. The Morgan fingerprint density at radius 2 is 1.89 bits per heavy atom. The summed E-state index contributed by atoms with van der Waals surface area (Å²) in [6, 6.07) is 11.2. The number of carbonyl (C=O) groups is 1. The fourth-order valence-corrected chi connectivity index (χ4v) is 4.55. The van der Waals surface area contributed by atoms with E-state index in [1.807, 2.05) is 6.92 Å². The Kier molecular flexibility index (Phi) is 8.10. The summed E-state index contributed by atoms with van der Waals surface area (Å²) in [4.78, 5) is 18.5. The molecule has 4 N–H and O–H groups in total. The third-order valence-corrected chi connectivity index (χ3v) is 6.95. The van der Waals surface area contributed by atoms with Gasteiger partial charge in [-0.15, -0.1) is 0 Å². The molecule has 10 nitrogen and oxygen atoms in total. The standard InChI is InChI=1S/C23H25N5O5S2/c1-14-5-9-18(10-6-14)35(31,32)28-26-19(11-7-17-8-12-20(30)21(13-17)33-4)22-15(2)24-23(34-22)27-25-16(3)29/h5-13,28,30H,1-4H3,(H,24,27)(H,25,29)/b11-7+,26-19+. The number of aryl methyl sites for hydroxylation is 2. The fraction of sp³-hybridized carbons (Fsp3) is 0.174. The smallest absolute Gasteiger partial charge is 0.276 e. The number of hydrogen-bond donors (Lipinski definition) is 4. The summed E-state index contributed by atoms with van der Waals surface area (Å²) >= 11 is 1.18. The number of allylic oxidation sites excluding steroid dienone is 1. The summed E-state index contributed by atoms with van der Waals surface area (Å²) in [7, 11) is -2.48. The van der Waals surface area contributed by atoms with Gasteiger partial charge in [0.15, 0.2) is 11.5 Å². The highest BCUT2D eigenvalue weighted by Gasteiger charge is 2.16. The quantitative estimate of drug-likeness (QED) is 0.253. The van der Waals surface area contributed by atoms with Crippen LogP contribution in [0.3, 0.4) is 0 Å². The number of amides is 1. The molecule has 0 fully saturated rings. The molecular weight excluding hydrogens is 490 g/mol. The maximum absolute atomic E-state index is 12.8. The fourth-order valence-electron chi connectivity index (χ4n) is 2.85. The van der Waals surface area contributed by atoms with Crippen molar-refractivity contribution in [2.75, 3.05) is 12.5 Å². The van der Waals surface area contributed by atoms with E-state index in [1.54, 1.807) is 43.3 Å². The summed E-state index contributed by atoms with van der Waals surface area (Å²) in [6.45, 7) is 4.96. The number of benzene rings is 2. The van der Waals surface area contributed by atoms with Gasteiger partial charge in [0, 0.05) is 6.92 Å². The number of methoxy groups -OCH3 is 1. The first-order valence-electron chi connectivity index (χ1n) is 10.3. The van der Waals surface area contributed by atoms with E-state index in [-0.39, 0.29) is 16.6 Å². The van der Waals surface area contributed by atoms with Crippen LogP contribution in [0.5, 0.6) is 11.5 Å². The van der Waals surface area contributed by atoms with Gasteiger partial charge in [0.2, 0.25) is 11.0 Å². The molecular formula is C23H25N5O5S2. The maximum Gasteiger partial charge on any atom is 0.276 e.